The van der Waals surface area contributed by atoms with Gasteiger partial charge in [0.1, 0.15) is 0 Å². The van der Waals surface area contributed by atoms with Crippen LogP contribution >= 0.6 is 0 Å². The van der Waals surface area contributed by atoms with Gasteiger partial charge in [-0.1, -0.05) is 19.9 Å². The number of hydrogen-bond acceptors (Lipinski definition) is 4. The van der Waals surface area contributed by atoms with Crippen molar-refractivity contribution in [3.63, 3.8) is 0 Å². The normalized spacial score (nSPS) is 23.8. The Bertz CT molecular complexity index is 558. The zero-order valence-electron chi connectivity index (χ0n) is 12.9. The molecule has 2 aliphatic rings. The van der Waals surface area contributed by atoms with E-state index in [-0.39, 0.29) is 18.4 Å². The maximum atomic E-state index is 13.3. The molecule has 2 aliphatic heterocycles. The van der Waals surface area contributed by atoms with Gasteiger partial charge in [-0.2, -0.15) is 0 Å². The average molecular weight is 310 g/mol. The number of anilines is 2. The summed E-state index contributed by atoms with van der Waals surface area (Å²) < 4.78 is 38.1. The minimum atomic E-state index is -2.63. The van der Waals surface area contributed by atoms with Gasteiger partial charge in [0.15, 0.2) is 0 Å². The first-order chi connectivity index (χ1) is 10.3. The lowest BCUT2D eigenvalue weighted by Gasteiger charge is -2.33. The highest BCUT2D eigenvalue weighted by Gasteiger charge is 2.39. The summed E-state index contributed by atoms with van der Waals surface area (Å²) in [6, 6.07) is 5.37. The predicted octanol–water partition coefficient (Wildman–Crippen LogP) is 1.88. The summed E-state index contributed by atoms with van der Waals surface area (Å²) in [6.07, 6.45) is -0.127. The highest BCUT2D eigenvalue weighted by atomic mass is 19.3. The third-order valence-electron chi connectivity index (χ3n) is 4.08. The molecule has 0 radical (unpaired) electrons. The molecule has 2 heterocycles. The number of hydrogen-bond donors (Lipinski definition) is 1. The van der Waals surface area contributed by atoms with Crippen molar-refractivity contribution in [2.75, 3.05) is 36.9 Å². The Morgan fingerprint density at radius 2 is 1.91 bits per heavy atom. The van der Waals surface area contributed by atoms with Gasteiger partial charge in [0.2, 0.25) is 0 Å². The number of rotatable bonds is 2. The van der Waals surface area contributed by atoms with Crippen LogP contribution in [0.25, 0.3) is 0 Å². The molecule has 1 aromatic carbocycles. The van der Waals surface area contributed by atoms with Gasteiger partial charge in [0.25, 0.3) is 5.92 Å². The van der Waals surface area contributed by atoms with Crippen LogP contribution in [0, 0.1) is 5.41 Å². The van der Waals surface area contributed by atoms with E-state index >= 15 is 0 Å². The quantitative estimate of drug-likeness (QED) is 0.669. The van der Waals surface area contributed by atoms with E-state index in [1.807, 2.05) is 6.07 Å². The predicted molar refractivity (Wildman–Crippen MR) is 83.7 cm³/mol. The molecule has 0 spiro atoms. The van der Waals surface area contributed by atoms with Crippen molar-refractivity contribution in [1.29, 1.82) is 0 Å². The lowest BCUT2D eigenvalue weighted by molar-refractivity contribution is 0.0257. The molecule has 0 saturated carbocycles. The summed E-state index contributed by atoms with van der Waals surface area (Å²) in [6.45, 7) is 5.42. The van der Waals surface area contributed by atoms with E-state index in [0.29, 0.717) is 31.1 Å². The van der Waals surface area contributed by atoms with Gasteiger partial charge in [-0.25, -0.2) is 8.78 Å². The molecule has 22 heavy (non-hydrogen) atoms. The Kier molecular flexibility index (Phi) is 3.81. The summed E-state index contributed by atoms with van der Waals surface area (Å²) in [5.41, 5.74) is 8.01. The summed E-state index contributed by atoms with van der Waals surface area (Å²) in [4.78, 5) is 1.63. The molecule has 1 aromatic rings. The van der Waals surface area contributed by atoms with E-state index in [1.165, 1.54) is 0 Å². The van der Waals surface area contributed by atoms with Gasteiger partial charge in [-0.3, -0.25) is 0 Å². The first kappa shape index (κ1) is 15.6. The van der Waals surface area contributed by atoms with Gasteiger partial charge < -0.3 is 19.9 Å². The summed E-state index contributed by atoms with van der Waals surface area (Å²) in [5.74, 6) is -2.63. The fourth-order valence-electron chi connectivity index (χ4n) is 2.83. The van der Waals surface area contributed by atoms with Crippen molar-refractivity contribution in [3.05, 3.63) is 18.2 Å². The molecule has 0 bridgehead atoms. The topological polar surface area (TPSA) is 47.7 Å². The summed E-state index contributed by atoms with van der Waals surface area (Å²) in [7, 11) is -0.440. The molecule has 0 atom stereocenters. The van der Waals surface area contributed by atoms with Crippen LogP contribution in [0.1, 0.15) is 20.3 Å². The lowest BCUT2D eigenvalue weighted by atomic mass is 9.75. The minimum absolute atomic E-state index is 0.00309. The largest absolute Gasteiger partial charge is 0.493 e. The van der Waals surface area contributed by atoms with Gasteiger partial charge in [-0.05, 0) is 17.6 Å². The maximum absolute atomic E-state index is 13.3. The van der Waals surface area contributed by atoms with Crippen LogP contribution in [0.2, 0.25) is 0 Å². The van der Waals surface area contributed by atoms with Crippen LogP contribution in [0.3, 0.4) is 0 Å². The van der Waals surface area contributed by atoms with Crippen LogP contribution in [-0.4, -0.2) is 39.3 Å². The molecule has 2 N–H and O–H groups in total. The van der Waals surface area contributed by atoms with Crippen LogP contribution in [-0.2, 0) is 9.31 Å². The second-order valence-corrected chi connectivity index (χ2v) is 6.96. The fraction of sp³-hybridized carbons (Fsp3) is 0.600. The number of halogens is 2. The monoisotopic (exact) mass is 310 g/mol. The number of nitrogens with zero attached hydrogens (tertiary/aromatic N) is 1. The maximum Gasteiger partial charge on any atom is 0.493 e. The first-order valence-electron chi connectivity index (χ1n) is 7.51. The van der Waals surface area contributed by atoms with E-state index in [2.05, 4.69) is 13.8 Å². The molecule has 2 fully saturated rings. The minimum Gasteiger partial charge on any atom is -0.407 e. The number of nitrogens with two attached hydrogens (primary N) is 1. The molecule has 7 heteroatoms. The van der Waals surface area contributed by atoms with Crippen molar-refractivity contribution in [3.8, 4) is 0 Å². The molecule has 0 unspecified atom stereocenters. The first-order valence-corrected chi connectivity index (χ1v) is 7.51. The highest BCUT2D eigenvalue weighted by molar-refractivity contribution is 6.61. The Balaban J connectivity index is 1.73. The molecular weight excluding hydrogens is 289 g/mol. The molecule has 0 aromatic heterocycles. The van der Waals surface area contributed by atoms with Crippen LogP contribution < -0.4 is 16.1 Å². The van der Waals surface area contributed by atoms with E-state index in [9.17, 15) is 8.78 Å². The second kappa shape index (κ2) is 5.39. The summed E-state index contributed by atoms with van der Waals surface area (Å²) in [5, 5.41) is 0. The van der Waals surface area contributed by atoms with Gasteiger partial charge in [0, 0.05) is 31.6 Å². The van der Waals surface area contributed by atoms with Crippen molar-refractivity contribution < 1.29 is 18.1 Å². The Hall–Kier alpha value is -1.34. The molecule has 4 nitrogen and oxygen atoms in total. The molecule has 2 saturated heterocycles. The highest BCUT2D eigenvalue weighted by Crippen LogP contribution is 2.33. The Morgan fingerprint density at radius 3 is 2.45 bits per heavy atom. The number of benzene rings is 1. The van der Waals surface area contributed by atoms with Gasteiger partial charge >= 0.3 is 7.12 Å². The van der Waals surface area contributed by atoms with Crippen molar-refractivity contribution in [2.24, 2.45) is 5.41 Å². The Labute approximate surface area is 129 Å². The van der Waals surface area contributed by atoms with E-state index in [4.69, 9.17) is 15.0 Å². The van der Waals surface area contributed by atoms with Crippen LogP contribution in [0.4, 0.5) is 20.2 Å². The smallest absolute Gasteiger partial charge is 0.407 e. The Morgan fingerprint density at radius 1 is 1.23 bits per heavy atom. The van der Waals surface area contributed by atoms with Crippen molar-refractivity contribution in [2.45, 2.75) is 26.2 Å². The van der Waals surface area contributed by atoms with Gasteiger partial charge in [0.05, 0.1) is 17.9 Å². The molecule has 3 rings (SSSR count). The second-order valence-electron chi connectivity index (χ2n) is 6.96. The molecule has 0 aliphatic carbocycles. The number of alkyl halides is 2. The van der Waals surface area contributed by atoms with Crippen molar-refractivity contribution >= 4 is 24.0 Å². The molecular formula is C15H21BF2N2O2. The fourth-order valence-corrected chi connectivity index (χ4v) is 2.83. The molecule has 0 amide bonds. The third-order valence-corrected chi connectivity index (χ3v) is 4.08. The lowest BCUT2D eigenvalue weighted by Crippen LogP contribution is -2.47. The van der Waals surface area contributed by atoms with Crippen LogP contribution in [0.5, 0.6) is 0 Å². The number of nitrogen functional groups attached to an aromatic ring is 1. The van der Waals surface area contributed by atoms with Gasteiger partial charge in [-0.15, -0.1) is 0 Å². The van der Waals surface area contributed by atoms with Crippen molar-refractivity contribution in [1.82, 2.24) is 0 Å². The SMILES string of the molecule is CC1(C)COB(c2ccc(N3CCC(F)(F)C3)c(N)c2)OC1. The molecule has 120 valence electrons. The van der Waals surface area contributed by atoms with E-state index in [0.717, 1.165) is 5.46 Å². The van der Waals surface area contributed by atoms with E-state index in [1.54, 1.807) is 17.0 Å². The zero-order chi connectivity index (χ0) is 16.0. The van der Waals surface area contributed by atoms with E-state index < -0.39 is 13.0 Å². The third kappa shape index (κ3) is 3.20. The zero-order valence-corrected chi connectivity index (χ0v) is 12.9. The van der Waals surface area contributed by atoms with Crippen LogP contribution in [0.15, 0.2) is 18.2 Å². The summed E-state index contributed by atoms with van der Waals surface area (Å²) >= 11 is 0. The average Bonchev–Trinajstić information content (AvgIpc) is 2.78. The standard InChI is InChI=1S/C15H21BF2N2O2/c1-14(2)9-21-16(22-10-14)11-3-4-13(12(19)7-11)20-6-5-15(17,18)8-20/h3-4,7H,5-6,8-10,19H2,1-2H3.